The molecule has 0 saturated carbocycles. The van der Waals surface area contributed by atoms with Gasteiger partial charge in [-0.15, -0.1) is 9.39 Å². The van der Waals surface area contributed by atoms with Crippen molar-refractivity contribution in [1.29, 1.82) is 0 Å². The number of benzene rings is 1. The van der Waals surface area contributed by atoms with Crippen LogP contribution in [0.5, 0.6) is 0 Å². The Bertz CT molecular complexity index is 1610. The molecule has 1 aromatic carbocycles. The molecule has 3 aromatic rings. The molecule has 0 aliphatic carbocycles. The summed E-state index contributed by atoms with van der Waals surface area (Å²) in [6, 6.07) is 7.96. The molecular weight excluding hydrogens is 555 g/mol. The van der Waals surface area contributed by atoms with E-state index in [1.807, 2.05) is 42.2 Å². The number of hydrogen-bond acceptors (Lipinski definition) is 8. The first-order chi connectivity index (χ1) is 18.8. The molecular formula is C28H32F3N7S2. The molecule has 40 heavy (non-hydrogen) atoms. The number of nitrogens with zero attached hydrogens (tertiary/aromatic N) is 4. The van der Waals surface area contributed by atoms with E-state index in [0.29, 0.717) is 22.2 Å². The third-order valence-corrected chi connectivity index (χ3v) is 10.3. The second-order valence-electron chi connectivity index (χ2n) is 9.85. The van der Waals surface area contributed by atoms with E-state index in [1.54, 1.807) is 7.05 Å². The molecule has 4 heterocycles. The zero-order chi connectivity index (χ0) is 29.0. The van der Waals surface area contributed by atoms with Gasteiger partial charge in [-0.2, -0.15) is 13.2 Å². The molecule has 7 nitrogen and oxygen atoms in total. The number of halogens is 3. The third kappa shape index (κ3) is 5.06. The number of nitrogens with one attached hydrogen (secondary N) is 3. The van der Waals surface area contributed by atoms with E-state index in [1.165, 1.54) is 16.2 Å². The summed E-state index contributed by atoms with van der Waals surface area (Å²) in [5.74, 6) is 10.8. The van der Waals surface area contributed by atoms with Crippen LogP contribution in [-0.2, 0) is 6.54 Å². The maximum atomic E-state index is 13.7. The topological polar surface area (TPSA) is 68.3 Å². The number of aryl methyl sites for hydroxylation is 1. The van der Waals surface area contributed by atoms with Gasteiger partial charge in [0.25, 0.3) is 0 Å². The van der Waals surface area contributed by atoms with E-state index in [-0.39, 0.29) is 6.54 Å². The summed E-state index contributed by atoms with van der Waals surface area (Å²) in [4.78, 5) is 14.4. The SMILES string of the molecule is C=C1NCCN1c1cccc(Nc2nc(C)c(-c3cc4c(c(S(=C)(=C)NC)c3)C(=C)N(C(C)C(F)(F)F)C4)s2)n1. The quantitative estimate of drug-likeness (QED) is 0.292. The lowest BCUT2D eigenvalue weighted by molar-refractivity contribution is -0.170. The summed E-state index contributed by atoms with van der Waals surface area (Å²) in [7, 11) is -0.260. The molecule has 2 aliphatic heterocycles. The minimum absolute atomic E-state index is 0.102. The Balaban J connectivity index is 1.51. The van der Waals surface area contributed by atoms with Crippen molar-refractivity contribution in [2.75, 3.05) is 30.4 Å². The molecule has 0 spiro atoms. The van der Waals surface area contributed by atoms with Gasteiger partial charge in [0.15, 0.2) is 5.13 Å². The van der Waals surface area contributed by atoms with Crippen LogP contribution in [0.4, 0.5) is 29.9 Å². The van der Waals surface area contributed by atoms with Crippen LogP contribution < -0.4 is 20.3 Å². The smallest absolute Gasteiger partial charge is 0.370 e. The van der Waals surface area contributed by atoms with E-state index in [2.05, 4.69) is 40.3 Å². The van der Waals surface area contributed by atoms with Crippen LogP contribution >= 0.6 is 20.7 Å². The standard InChI is InChI=1S/C28H32F3N7S2/c1-16-26(39-27(34-16)36-23-9-8-10-24(35-23)37-12-11-33-19(37)4)20-13-21-15-38(18(3)28(29,30)31)17(2)25(21)22(14-20)40(6,7)32-5/h8-10,13-14,18,32-33H,2,4,6-7,11-12,15H2,1,3,5H3,(H,34,35,36). The maximum Gasteiger partial charge on any atom is 0.408 e. The van der Waals surface area contributed by atoms with E-state index in [0.717, 1.165) is 58.2 Å². The molecule has 5 rings (SSSR count). The van der Waals surface area contributed by atoms with Crippen LogP contribution in [0.1, 0.15) is 23.7 Å². The van der Waals surface area contributed by atoms with Gasteiger partial charge in [0.2, 0.25) is 0 Å². The second kappa shape index (κ2) is 10.2. The van der Waals surface area contributed by atoms with E-state index in [9.17, 15) is 13.2 Å². The monoisotopic (exact) mass is 587 g/mol. The highest BCUT2D eigenvalue weighted by molar-refractivity contribution is 8.26. The number of anilines is 3. The summed E-state index contributed by atoms with van der Waals surface area (Å²) >= 11 is 1.46. The Labute approximate surface area is 237 Å². The first-order valence-electron chi connectivity index (χ1n) is 12.6. The molecule has 1 saturated heterocycles. The van der Waals surface area contributed by atoms with Crippen LogP contribution in [0.3, 0.4) is 0 Å². The average molecular weight is 588 g/mol. The number of alkyl halides is 3. The summed E-state index contributed by atoms with van der Waals surface area (Å²) < 4.78 is 44.2. The fourth-order valence-corrected chi connectivity index (χ4v) is 7.08. The first kappa shape index (κ1) is 28.1. The van der Waals surface area contributed by atoms with Gasteiger partial charge < -0.3 is 20.4 Å². The Morgan fingerprint density at radius 1 is 1.18 bits per heavy atom. The lowest BCUT2D eigenvalue weighted by Gasteiger charge is -2.29. The normalized spacial score (nSPS) is 16.4. The number of thiazole rings is 1. The van der Waals surface area contributed by atoms with E-state index < -0.39 is 21.6 Å². The molecule has 1 unspecified atom stereocenters. The molecule has 1 atom stereocenters. The van der Waals surface area contributed by atoms with Crippen molar-refractivity contribution in [2.24, 2.45) is 0 Å². The molecule has 0 amide bonds. The fraction of sp³-hybridized carbons (Fsp3) is 0.286. The fourth-order valence-electron chi connectivity index (χ4n) is 4.91. The van der Waals surface area contributed by atoms with Gasteiger partial charge in [0.1, 0.15) is 17.7 Å². The van der Waals surface area contributed by atoms with Gasteiger partial charge in [-0.25, -0.2) is 9.97 Å². The van der Waals surface area contributed by atoms with E-state index >= 15 is 0 Å². The zero-order valence-corrected chi connectivity index (χ0v) is 24.3. The van der Waals surface area contributed by atoms with Gasteiger partial charge in [0, 0.05) is 35.8 Å². The molecule has 1 fully saturated rings. The van der Waals surface area contributed by atoms with Crippen molar-refractivity contribution in [2.45, 2.75) is 37.5 Å². The molecule has 12 heteroatoms. The predicted molar refractivity (Wildman–Crippen MR) is 164 cm³/mol. The van der Waals surface area contributed by atoms with E-state index in [4.69, 9.17) is 9.97 Å². The molecule has 0 radical (unpaired) electrons. The van der Waals surface area contributed by atoms with Crippen molar-refractivity contribution < 1.29 is 13.2 Å². The number of hydrogen-bond donors (Lipinski definition) is 3. The number of aromatic nitrogens is 2. The Kier molecular flexibility index (Phi) is 7.13. The van der Waals surface area contributed by atoms with Gasteiger partial charge in [0.05, 0.1) is 16.4 Å². The molecule has 2 aromatic heterocycles. The number of fused-ring (bicyclic) bond motifs is 1. The average Bonchev–Trinajstić information content (AvgIpc) is 3.59. The zero-order valence-electron chi connectivity index (χ0n) is 22.7. The first-order valence-corrected chi connectivity index (χ1v) is 15.4. The summed E-state index contributed by atoms with van der Waals surface area (Å²) in [6.07, 6.45) is -4.38. The molecule has 212 valence electrons. The highest BCUT2D eigenvalue weighted by Crippen LogP contribution is 2.47. The van der Waals surface area contributed by atoms with Gasteiger partial charge in [-0.1, -0.05) is 42.3 Å². The van der Waals surface area contributed by atoms with Crippen molar-refractivity contribution in [1.82, 2.24) is 24.9 Å². The molecule has 2 aliphatic rings. The van der Waals surface area contributed by atoms with Crippen molar-refractivity contribution in [3.63, 3.8) is 0 Å². The lowest BCUT2D eigenvalue weighted by atomic mass is 10.0. The van der Waals surface area contributed by atoms with Crippen LogP contribution in [0.25, 0.3) is 16.1 Å². The summed E-state index contributed by atoms with van der Waals surface area (Å²) in [5, 5.41) is 7.17. The van der Waals surface area contributed by atoms with Crippen molar-refractivity contribution in [3.8, 4) is 10.4 Å². The van der Waals surface area contributed by atoms with Gasteiger partial charge in [-0.05, 0) is 56.3 Å². The second-order valence-corrected chi connectivity index (χ2v) is 13.5. The predicted octanol–water partition coefficient (Wildman–Crippen LogP) is 6.04. The Morgan fingerprint density at radius 3 is 2.58 bits per heavy atom. The van der Waals surface area contributed by atoms with Crippen LogP contribution in [0.2, 0.25) is 0 Å². The van der Waals surface area contributed by atoms with Crippen molar-refractivity contribution >= 4 is 54.9 Å². The number of rotatable bonds is 7. The highest BCUT2D eigenvalue weighted by atomic mass is 32.2. The van der Waals surface area contributed by atoms with Gasteiger partial charge >= 0.3 is 6.18 Å². The molecule has 3 N–H and O–H groups in total. The van der Waals surface area contributed by atoms with Crippen LogP contribution in [-0.4, -0.2) is 59.0 Å². The Morgan fingerprint density at radius 2 is 1.93 bits per heavy atom. The molecule has 0 bridgehead atoms. The summed E-state index contributed by atoms with van der Waals surface area (Å²) in [6.45, 7) is 12.9. The minimum Gasteiger partial charge on any atom is -0.370 e. The number of pyridine rings is 1. The highest BCUT2D eigenvalue weighted by Gasteiger charge is 2.43. The largest absolute Gasteiger partial charge is 0.408 e. The lowest BCUT2D eigenvalue weighted by Crippen LogP contribution is -2.39. The summed E-state index contributed by atoms with van der Waals surface area (Å²) in [5.41, 5.74) is 3.44. The van der Waals surface area contributed by atoms with Crippen LogP contribution in [0.15, 0.2) is 54.2 Å². The van der Waals surface area contributed by atoms with Crippen LogP contribution in [0, 0.1) is 6.92 Å². The third-order valence-electron chi connectivity index (χ3n) is 7.21. The minimum atomic E-state index is -4.38. The Hall–Kier alpha value is -3.48. The van der Waals surface area contributed by atoms with Gasteiger partial charge in [-0.3, -0.25) is 4.72 Å². The van der Waals surface area contributed by atoms with Crippen molar-refractivity contribution in [3.05, 3.63) is 66.1 Å². The maximum absolute atomic E-state index is 13.7.